The highest BCUT2D eigenvalue weighted by atomic mass is 35.5. The van der Waals surface area contributed by atoms with E-state index in [0.717, 1.165) is 41.3 Å². The van der Waals surface area contributed by atoms with Crippen LogP contribution in [0.2, 0.25) is 5.02 Å². The quantitative estimate of drug-likeness (QED) is 0.247. The average molecular weight is 494 g/mol. The molecular formula is C18H12ClF4N3OS3. The van der Waals surface area contributed by atoms with Crippen molar-refractivity contribution in [3.8, 4) is 5.69 Å². The molecule has 158 valence electrons. The molecule has 0 saturated heterocycles. The van der Waals surface area contributed by atoms with E-state index in [0.29, 0.717) is 14.0 Å². The Morgan fingerprint density at radius 3 is 2.57 bits per heavy atom. The van der Waals surface area contributed by atoms with Crippen LogP contribution in [0.25, 0.3) is 5.69 Å². The number of carbonyl (C=O) groups is 1. The first-order valence-corrected chi connectivity index (χ1v) is 10.7. The van der Waals surface area contributed by atoms with Crippen molar-refractivity contribution in [1.29, 1.82) is 0 Å². The summed E-state index contributed by atoms with van der Waals surface area (Å²) in [4.78, 5) is 12.5. The number of anilines is 1. The molecule has 0 saturated carbocycles. The lowest BCUT2D eigenvalue weighted by molar-refractivity contribution is -0.137. The van der Waals surface area contributed by atoms with Gasteiger partial charge in [0.25, 0.3) is 0 Å². The second-order valence-electron chi connectivity index (χ2n) is 5.96. The molecular weight excluding hydrogens is 482 g/mol. The first kappa shape index (κ1) is 22.7. The summed E-state index contributed by atoms with van der Waals surface area (Å²) in [6.45, 7) is 1.58. The molecule has 0 bridgehead atoms. The SMILES string of the molecule is CC(Sc1nn(-c2ccc(F)cc2)c(=S)s1)C(=O)Nc1cc(C(F)(F)F)ccc1Cl. The molecule has 1 amide bonds. The lowest BCUT2D eigenvalue weighted by atomic mass is 10.2. The molecule has 1 aromatic heterocycles. The molecule has 0 radical (unpaired) electrons. The first-order chi connectivity index (χ1) is 14.0. The summed E-state index contributed by atoms with van der Waals surface area (Å²) in [5, 5.41) is 6.03. The number of amides is 1. The van der Waals surface area contributed by atoms with Crippen molar-refractivity contribution in [2.75, 3.05) is 5.32 Å². The van der Waals surface area contributed by atoms with Crippen LogP contribution in [0.1, 0.15) is 12.5 Å². The van der Waals surface area contributed by atoms with E-state index in [1.165, 1.54) is 28.9 Å². The van der Waals surface area contributed by atoms with Gasteiger partial charge in [-0.05, 0) is 61.6 Å². The van der Waals surface area contributed by atoms with E-state index in [2.05, 4.69) is 10.4 Å². The predicted molar refractivity (Wildman–Crippen MR) is 113 cm³/mol. The minimum atomic E-state index is -4.56. The molecule has 0 fully saturated rings. The van der Waals surface area contributed by atoms with Crippen molar-refractivity contribution in [3.05, 3.63) is 62.8 Å². The second-order valence-corrected chi connectivity index (χ2v) is 9.58. The van der Waals surface area contributed by atoms with Gasteiger partial charge >= 0.3 is 6.18 Å². The number of nitrogens with one attached hydrogen (secondary N) is 1. The monoisotopic (exact) mass is 493 g/mol. The maximum Gasteiger partial charge on any atom is 0.416 e. The number of carbonyl (C=O) groups excluding carboxylic acids is 1. The van der Waals surface area contributed by atoms with E-state index in [-0.39, 0.29) is 10.7 Å². The first-order valence-electron chi connectivity index (χ1n) is 8.25. The molecule has 2 aromatic carbocycles. The Hall–Kier alpha value is -1.95. The maximum atomic E-state index is 13.1. The van der Waals surface area contributed by atoms with E-state index in [4.69, 9.17) is 23.8 Å². The van der Waals surface area contributed by atoms with Crippen LogP contribution < -0.4 is 5.32 Å². The van der Waals surface area contributed by atoms with E-state index < -0.39 is 28.7 Å². The van der Waals surface area contributed by atoms with Gasteiger partial charge < -0.3 is 5.32 Å². The Labute approximate surface area is 186 Å². The Bertz CT molecular complexity index is 1130. The fraction of sp³-hybridized carbons (Fsp3) is 0.167. The molecule has 0 aliphatic carbocycles. The van der Waals surface area contributed by atoms with E-state index in [1.807, 2.05) is 0 Å². The van der Waals surface area contributed by atoms with Gasteiger partial charge in [-0.3, -0.25) is 4.79 Å². The molecule has 4 nitrogen and oxygen atoms in total. The normalized spacial score (nSPS) is 12.6. The fourth-order valence-corrected chi connectivity index (χ4v) is 4.96. The van der Waals surface area contributed by atoms with Crippen LogP contribution in [0, 0.1) is 9.77 Å². The number of aromatic nitrogens is 2. The zero-order chi connectivity index (χ0) is 22.1. The van der Waals surface area contributed by atoms with Gasteiger partial charge in [0.1, 0.15) is 5.82 Å². The second kappa shape index (κ2) is 9.04. The van der Waals surface area contributed by atoms with Crippen LogP contribution in [0.5, 0.6) is 0 Å². The van der Waals surface area contributed by atoms with Crippen molar-refractivity contribution < 1.29 is 22.4 Å². The van der Waals surface area contributed by atoms with E-state index in [1.54, 1.807) is 6.92 Å². The largest absolute Gasteiger partial charge is 0.416 e. The molecule has 1 N–H and O–H groups in total. The van der Waals surface area contributed by atoms with E-state index >= 15 is 0 Å². The van der Waals surface area contributed by atoms with Crippen molar-refractivity contribution in [3.63, 3.8) is 0 Å². The maximum absolute atomic E-state index is 13.1. The fourth-order valence-electron chi connectivity index (χ4n) is 2.29. The Morgan fingerprint density at radius 1 is 1.27 bits per heavy atom. The number of hydrogen-bond acceptors (Lipinski definition) is 5. The zero-order valence-corrected chi connectivity index (χ0v) is 18.2. The standard InChI is InChI=1S/C18H12ClF4N3OS3/c1-9(15(27)24-14-8-10(18(21,22)23)2-7-13(14)19)29-16-25-26(17(28)30-16)12-5-3-11(20)4-6-12/h2-9H,1H3,(H,24,27). The summed E-state index contributed by atoms with van der Waals surface area (Å²) in [5.41, 5.74) is -0.482. The van der Waals surface area contributed by atoms with Crippen LogP contribution in [0.15, 0.2) is 46.8 Å². The third-order valence-electron chi connectivity index (χ3n) is 3.80. The van der Waals surface area contributed by atoms with E-state index in [9.17, 15) is 22.4 Å². The molecule has 1 atom stereocenters. The van der Waals surface area contributed by atoms with Crippen LogP contribution >= 0.6 is 46.9 Å². The number of halogens is 5. The summed E-state index contributed by atoms with van der Waals surface area (Å²) in [7, 11) is 0. The zero-order valence-electron chi connectivity index (χ0n) is 15.0. The van der Waals surface area contributed by atoms with Gasteiger partial charge in [-0.1, -0.05) is 34.7 Å². The Kier molecular flexibility index (Phi) is 6.85. The number of rotatable bonds is 5. The highest BCUT2D eigenvalue weighted by Crippen LogP contribution is 2.34. The molecule has 12 heteroatoms. The summed E-state index contributed by atoms with van der Waals surface area (Å²) in [6, 6.07) is 8.29. The highest BCUT2D eigenvalue weighted by molar-refractivity contribution is 8.02. The average Bonchev–Trinajstić information content (AvgIpc) is 3.03. The molecule has 0 aliphatic rings. The van der Waals surface area contributed by atoms with Gasteiger partial charge in [0.05, 0.1) is 27.2 Å². The Balaban J connectivity index is 1.73. The van der Waals surface area contributed by atoms with Crippen molar-refractivity contribution in [1.82, 2.24) is 9.78 Å². The topological polar surface area (TPSA) is 46.9 Å². The third-order valence-corrected chi connectivity index (χ3v) is 6.54. The van der Waals surface area contributed by atoms with Crippen molar-refractivity contribution in [2.45, 2.75) is 22.7 Å². The van der Waals surface area contributed by atoms with Crippen LogP contribution in [-0.2, 0) is 11.0 Å². The number of benzene rings is 2. The minimum absolute atomic E-state index is 0.00945. The molecule has 1 unspecified atom stereocenters. The number of nitrogens with zero attached hydrogens (tertiary/aromatic N) is 2. The number of hydrogen-bond donors (Lipinski definition) is 1. The predicted octanol–water partition coefficient (Wildman–Crippen LogP) is 6.59. The highest BCUT2D eigenvalue weighted by Gasteiger charge is 2.31. The van der Waals surface area contributed by atoms with Gasteiger partial charge in [0.15, 0.2) is 8.29 Å². The molecule has 0 spiro atoms. The molecule has 3 rings (SSSR count). The van der Waals surface area contributed by atoms with Crippen LogP contribution in [0.3, 0.4) is 0 Å². The molecule has 3 aromatic rings. The third kappa shape index (κ3) is 5.39. The molecule has 1 heterocycles. The summed E-state index contributed by atoms with van der Waals surface area (Å²) in [5.74, 6) is -0.940. The lowest BCUT2D eigenvalue weighted by Crippen LogP contribution is -2.23. The van der Waals surface area contributed by atoms with Crippen LogP contribution in [-0.4, -0.2) is 20.9 Å². The van der Waals surface area contributed by atoms with Gasteiger partial charge in [0.2, 0.25) is 5.91 Å². The van der Waals surface area contributed by atoms with Gasteiger partial charge in [-0.2, -0.15) is 13.2 Å². The minimum Gasteiger partial charge on any atom is -0.324 e. The summed E-state index contributed by atoms with van der Waals surface area (Å²) >= 11 is 13.4. The lowest BCUT2D eigenvalue weighted by Gasteiger charge is -2.14. The summed E-state index contributed by atoms with van der Waals surface area (Å²) in [6.07, 6.45) is -4.56. The van der Waals surface area contributed by atoms with Gasteiger partial charge in [0, 0.05) is 0 Å². The van der Waals surface area contributed by atoms with Crippen LogP contribution in [0.4, 0.5) is 23.2 Å². The molecule has 30 heavy (non-hydrogen) atoms. The number of alkyl halides is 3. The summed E-state index contributed by atoms with van der Waals surface area (Å²) < 4.78 is 54.1. The Morgan fingerprint density at radius 2 is 1.93 bits per heavy atom. The smallest absolute Gasteiger partial charge is 0.324 e. The van der Waals surface area contributed by atoms with Gasteiger partial charge in [-0.25, -0.2) is 9.07 Å². The van der Waals surface area contributed by atoms with Gasteiger partial charge in [-0.15, -0.1) is 5.10 Å². The van der Waals surface area contributed by atoms with Crippen molar-refractivity contribution in [2.24, 2.45) is 0 Å². The number of thioether (sulfide) groups is 1. The van der Waals surface area contributed by atoms with Crippen molar-refractivity contribution >= 4 is 58.5 Å². The molecule has 0 aliphatic heterocycles.